The molecule has 5 saturated carbocycles. The molecule has 0 radical (unpaired) electrons. The van der Waals surface area contributed by atoms with Gasteiger partial charge in [-0.05, 0) is 31.0 Å². The Balaban J connectivity index is 1.48. The number of nitrogens with zero attached hydrogens (tertiary/aromatic N) is 1. The van der Waals surface area contributed by atoms with Crippen LogP contribution in [0.25, 0.3) is 0 Å². The van der Waals surface area contributed by atoms with Gasteiger partial charge >= 0.3 is 11.9 Å². The summed E-state index contributed by atoms with van der Waals surface area (Å²) in [6, 6.07) is 9.02. The minimum Gasteiger partial charge on any atom is -0.458 e. The van der Waals surface area contributed by atoms with Gasteiger partial charge in [-0.15, -0.1) is 0 Å². The van der Waals surface area contributed by atoms with Crippen LogP contribution in [0, 0.1) is 40.4 Å². The lowest BCUT2D eigenvalue weighted by atomic mass is 9.42. The zero-order chi connectivity index (χ0) is 31.2. The summed E-state index contributed by atoms with van der Waals surface area (Å²) < 4.78 is 38.3. The van der Waals surface area contributed by atoms with Gasteiger partial charge < -0.3 is 33.5 Å². The number of carbonyl (C=O) groups is 2. The van der Waals surface area contributed by atoms with Crippen molar-refractivity contribution in [2.75, 3.05) is 48.1 Å². The molecule has 6 fully saturated rings. The van der Waals surface area contributed by atoms with Crippen LogP contribution < -0.4 is 0 Å². The molecule has 7 rings (SSSR count). The maximum absolute atomic E-state index is 13.7. The first-order chi connectivity index (χ1) is 21.2. The first-order valence-corrected chi connectivity index (χ1v) is 16.1. The molecule has 10 nitrogen and oxygen atoms in total. The van der Waals surface area contributed by atoms with Gasteiger partial charge in [0.05, 0.1) is 36.6 Å². The maximum Gasteiger partial charge on any atom is 0.338 e. The van der Waals surface area contributed by atoms with Crippen LogP contribution in [0.2, 0.25) is 0 Å². The van der Waals surface area contributed by atoms with Crippen LogP contribution >= 0.6 is 0 Å². The number of methoxy groups -OCH3 is 4. The molecule has 1 N–H and O–H groups in total. The molecule has 10 heteroatoms. The van der Waals surface area contributed by atoms with E-state index in [-0.39, 0.29) is 65.9 Å². The van der Waals surface area contributed by atoms with Gasteiger partial charge in [0.25, 0.3) is 0 Å². The number of esters is 2. The summed E-state index contributed by atoms with van der Waals surface area (Å²) in [7, 11) is 6.88. The lowest BCUT2D eigenvalue weighted by molar-refractivity contribution is -0.297. The Labute approximate surface area is 259 Å². The average Bonchev–Trinajstić information content (AvgIpc) is 3.44. The van der Waals surface area contributed by atoms with Gasteiger partial charge in [0.1, 0.15) is 11.7 Å². The first kappa shape index (κ1) is 30.6. The molecule has 0 aromatic heterocycles. The molecule has 5 aliphatic carbocycles. The van der Waals surface area contributed by atoms with Gasteiger partial charge in [-0.1, -0.05) is 25.1 Å². The lowest BCUT2D eigenvalue weighted by Gasteiger charge is -2.70. The SMILES string of the molecule is CCN1C[C@]2(COC)[C@H](O)C[C@H](OC)[C@@]34[C@@H]5C[C@H]6[C@H](OC(=O)c7ccccc7)[C@@H]5[C@](OC(C)=O)(C[C@@H]6OC)[C@@H]([C@H](OC)[C@H]23)[C@@H]14. The van der Waals surface area contributed by atoms with E-state index in [2.05, 4.69) is 11.8 Å². The van der Waals surface area contributed by atoms with Crippen molar-refractivity contribution in [1.82, 2.24) is 4.90 Å². The van der Waals surface area contributed by atoms with Crippen LogP contribution in [0.4, 0.5) is 0 Å². The number of likely N-dealkylation sites (tertiary alicyclic amines) is 1. The lowest BCUT2D eigenvalue weighted by Crippen LogP contribution is -2.79. The number of hydrogen-bond donors (Lipinski definition) is 1. The van der Waals surface area contributed by atoms with E-state index in [0.717, 1.165) is 13.0 Å². The molecule has 242 valence electrons. The molecule has 44 heavy (non-hydrogen) atoms. The Morgan fingerprint density at radius 1 is 1.00 bits per heavy atom. The van der Waals surface area contributed by atoms with Crippen LogP contribution in [0.1, 0.15) is 43.5 Å². The van der Waals surface area contributed by atoms with Gasteiger partial charge in [0, 0.05) is 95.3 Å². The number of hydrogen-bond acceptors (Lipinski definition) is 10. The zero-order valence-corrected chi connectivity index (χ0v) is 26.6. The van der Waals surface area contributed by atoms with Crippen LogP contribution in [0.15, 0.2) is 30.3 Å². The molecule has 1 aliphatic heterocycles. The summed E-state index contributed by atoms with van der Waals surface area (Å²) in [6.45, 7) is 5.40. The van der Waals surface area contributed by atoms with Crippen LogP contribution in [0.3, 0.4) is 0 Å². The van der Waals surface area contributed by atoms with Crippen LogP contribution in [-0.2, 0) is 33.2 Å². The summed E-state index contributed by atoms with van der Waals surface area (Å²) in [6.07, 6.45) is -0.424. The number of piperidine rings is 1. The highest BCUT2D eigenvalue weighted by atomic mass is 16.6. The van der Waals surface area contributed by atoms with Gasteiger partial charge in [0.2, 0.25) is 0 Å². The van der Waals surface area contributed by atoms with E-state index in [0.29, 0.717) is 31.6 Å². The Morgan fingerprint density at radius 3 is 2.36 bits per heavy atom. The van der Waals surface area contributed by atoms with Crippen molar-refractivity contribution in [3.8, 4) is 0 Å². The van der Waals surface area contributed by atoms with Crippen LogP contribution in [-0.4, -0.2) is 112 Å². The number of ether oxygens (including phenoxy) is 6. The molecule has 1 spiro atoms. The monoisotopic (exact) mass is 613 g/mol. The molecule has 6 aliphatic rings. The summed E-state index contributed by atoms with van der Waals surface area (Å²) >= 11 is 0. The number of carbonyl (C=O) groups excluding carboxylic acids is 2. The fraction of sp³-hybridized carbons (Fsp3) is 0.765. The van der Waals surface area contributed by atoms with E-state index in [4.69, 9.17) is 28.4 Å². The molecule has 7 bridgehead atoms. The van der Waals surface area contributed by atoms with Gasteiger partial charge in [-0.25, -0.2) is 4.79 Å². The molecule has 1 aromatic carbocycles. The second-order valence-corrected chi connectivity index (χ2v) is 14.1. The molecular weight excluding hydrogens is 566 g/mol. The molecular formula is C34H47NO9. The van der Waals surface area contributed by atoms with Crippen LogP contribution in [0.5, 0.6) is 0 Å². The zero-order valence-electron chi connectivity index (χ0n) is 26.6. The van der Waals surface area contributed by atoms with Crippen molar-refractivity contribution < 1.29 is 43.1 Å². The standard InChI is InChI=1S/C34H47NO9/c1-7-35-16-32(17-39-3)23(37)14-24(41-5)34-21-13-20-22(40-4)15-33(44-18(2)36,26(30(34)35)28(42-6)29(32)34)25(21)27(20)43-31(38)19-11-9-8-10-12-19/h8-12,20-30,37H,7,13-17H2,1-6H3/t20-,21-,22+,23-,24+,25-,26+,27+,28+,29-,30-,32+,33-,34+/m1/s1. The minimum absolute atomic E-state index is 0.0367. The highest BCUT2D eigenvalue weighted by Gasteiger charge is 2.89. The quantitative estimate of drug-likeness (QED) is 0.417. The molecule has 0 unspecified atom stereocenters. The summed E-state index contributed by atoms with van der Waals surface area (Å²) in [4.78, 5) is 29.4. The van der Waals surface area contributed by atoms with Gasteiger partial charge in [-0.3, -0.25) is 9.69 Å². The Bertz CT molecular complexity index is 1280. The third-order valence-corrected chi connectivity index (χ3v) is 13.0. The van der Waals surface area contributed by atoms with E-state index < -0.39 is 28.6 Å². The van der Waals surface area contributed by atoms with Crippen molar-refractivity contribution in [2.45, 2.75) is 75.3 Å². The van der Waals surface area contributed by atoms with Crippen molar-refractivity contribution in [2.24, 2.45) is 40.4 Å². The van der Waals surface area contributed by atoms with E-state index >= 15 is 0 Å². The van der Waals surface area contributed by atoms with E-state index in [1.807, 2.05) is 18.2 Å². The second-order valence-electron chi connectivity index (χ2n) is 14.1. The molecule has 0 amide bonds. The number of aliphatic hydroxyl groups is 1. The summed E-state index contributed by atoms with van der Waals surface area (Å²) in [5.41, 5.74) is -1.61. The average molecular weight is 614 g/mol. The van der Waals surface area contributed by atoms with Crippen molar-refractivity contribution >= 4 is 11.9 Å². The fourth-order valence-electron chi connectivity index (χ4n) is 12.2. The maximum atomic E-state index is 13.7. The number of rotatable bonds is 9. The highest BCUT2D eigenvalue weighted by Crippen LogP contribution is 2.80. The predicted molar refractivity (Wildman–Crippen MR) is 158 cm³/mol. The molecule has 14 atom stereocenters. The first-order valence-electron chi connectivity index (χ1n) is 16.1. The summed E-state index contributed by atoms with van der Waals surface area (Å²) in [5.74, 6) is -1.57. The van der Waals surface area contributed by atoms with E-state index in [1.54, 1.807) is 40.6 Å². The van der Waals surface area contributed by atoms with E-state index in [1.165, 1.54) is 6.92 Å². The molecule has 1 aromatic rings. The predicted octanol–water partition coefficient (Wildman–Crippen LogP) is 2.56. The normalized spacial score (nSPS) is 48.2. The minimum atomic E-state index is -1.01. The Kier molecular flexibility index (Phi) is 7.46. The smallest absolute Gasteiger partial charge is 0.338 e. The number of benzene rings is 1. The topological polar surface area (TPSA) is 113 Å². The van der Waals surface area contributed by atoms with Gasteiger partial charge in [-0.2, -0.15) is 0 Å². The Morgan fingerprint density at radius 2 is 1.75 bits per heavy atom. The number of aliphatic hydroxyl groups excluding tert-OH is 1. The molecule has 1 heterocycles. The Hall–Kier alpha value is -2.08. The third kappa shape index (κ3) is 3.64. The van der Waals surface area contributed by atoms with E-state index in [9.17, 15) is 14.7 Å². The van der Waals surface area contributed by atoms with Crippen molar-refractivity contribution in [3.05, 3.63) is 35.9 Å². The van der Waals surface area contributed by atoms with Crippen molar-refractivity contribution in [3.63, 3.8) is 0 Å². The largest absolute Gasteiger partial charge is 0.458 e. The highest BCUT2D eigenvalue weighted by molar-refractivity contribution is 5.89. The number of fused-ring (bicyclic) bond motifs is 2. The van der Waals surface area contributed by atoms with Gasteiger partial charge in [0.15, 0.2) is 0 Å². The fourth-order valence-corrected chi connectivity index (χ4v) is 12.2. The summed E-state index contributed by atoms with van der Waals surface area (Å²) in [5, 5.41) is 12.0. The molecule has 1 saturated heterocycles. The second kappa shape index (κ2) is 10.7. The van der Waals surface area contributed by atoms with Crippen molar-refractivity contribution in [1.29, 1.82) is 0 Å². The third-order valence-electron chi connectivity index (χ3n) is 13.0.